The minimum Gasteiger partial charge on any atom is -0.374 e. The van der Waals surface area contributed by atoms with Crippen LogP contribution in [0.2, 0.25) is 0 Å². The number of hydrogen-bond acceptors (Lipinski definition) is 7. The minimum atomic E-state index is -0.0533. The lowest BCUT2D eigenvalue weighted by Gasteiger charge is -2.33. The van der Waals surface area contributed by atoms with Crippen LogP contribution in [0.4, 0.5) is 0 Å². The lowest BCUT2D eigenvalue weighted by molar-refractivity contribution is -0.122. The van der Waals surface area contributed by atoms with Gasteiger partial charge in [-0.15, -0.1) is 0 Å². The fourth-order valence-electron chi connectivity index (χ4n) is 3.40. The molecule has 30 heavy (non-hydrogen) atoms. The number of nitrogens with zero attached hydrogens (tertiary/aromatic N) is 4. The molecule has 0 radical (unpaired) electrons. The number of nitrogens with one attached hydrogen (secondary N) is 1. The van der Waals surface area contributed by atoms with Crippen molar-refractivity contribution in [3.8, 4) is 11.4 Å². The summed E-state index contributed by atoms with van der Waals surface area (Å²) in [7, 11) is 0. The highest BCUT2D eigenvalue weighted by Gasteiger charge is 2.21. The summed E-state index contributed by atoms with van der Waals surface area (Å²) in [6.07, 6.45) is 4.03. The summed E-state index contributed by atoms with van der Waals surface area (Å²) in [4.78, 5) is 22.9. The van der Waals surface area contributed by atoms with E-state index in [-0.39, 0.29) is 12.0 Å². The molecule has 1 unspecified atom stereocenters. The molecule has 0 bridgehead atoms. The number of carbonyl (C=O) groups excluding carboxylic acids is 1. The predicted octanol–water partition coefficient (Wildman–Crippen LogP) is 2.08. The number of carbonyl (C=O) groups is 1. The van der Waals surface area contributed by atoms with E-state index in [2.05, 4.69) is 49.6 Å². The van der Waals surface area contributed by atoms with Gasteiger partial charge in [0.1, 0.15) is 0 Å². The van der Waals surface area contributed by atoms with Crippen molar-refractivity contribution in [3.63, 3.8) is 0 Å². The number of rotatable bonds is 8. The normalized spacial score (nSPS) is 17.0. The molecule has 1 fully saturated rings. The van der Waals surface area contributed by atoms with Crippen LogP contribution < -0.4 is 5.32 Å². The largest absolute Gasteiger partial charge is 0.374 e. The highest BCUT2D eigenvalue weighted by molar-refractivity contribution is 5.76. The summed E-state index contributed by atoms with van der Waals surface area (Å²) < 4.78 is 11.1. The Kier molecular flexibility index (Phi) is 6.79. The van der Waals surface area contributed by atoms with E-state index in [1.165, 1.54) is 5.56 Å². The Labute approximate surface area is 175 Å². The van der Waals surface area contributed by atoms with Gasteiger partial charge in [0.25, 0.3) is 0 Å². The van der Waals surface area contributed by atoms with Crippen molar-refractivity contribution >= 4 is 5.91 Å². The van der Waals surface area contributed by atoms with Crippen LogP contribution in [0.1, 0.15) is 17.9 Å². The molecule has 1 N–H and O–H groups in total. The molecule has 4 rings (SSSR count). The molecule has 0 saturated carbocycles. The van der Waals surface area contributed by atoms with Crippen LogP contribution in [0.3, 0.4) is 0 Å². The fraction of sp³-hybridized carbons (Fsp3) is 0.364. The summed E-state index contributed by atoms with van der Waals surface area (Å²) in [6.45, 7) is 3.76. The number of pyridine rings is 1. The average Bonchev–Trinajstić information content (AvgIpc) is 3.27. The zero-order valence-electron chi connectivity index (χ0n) is 16.7. The van der Waals surface area contributed by atoms with Gasteiger partial charge in [-0.2, -0.15) is 4.98 Å². The Balaban J connectivity index is 1.19. The molecule has 8 nitrogen and oxygen atoms in total. The molecule has 3 aromatic rings. The van der Waals surface area contributed by atoms with Crippen LogP contribution in [-0.2, 0) is 22.5 Å². The van der Waals surface area contributed by atoms with Gasteiger partial charge in [-0.25, -0.2) is 0 Å². The Morgan fingerprint density at radius 2 is 2.00 bits per heavy atom. The van der Waals surface area contributed by atoms with Crippen molar-refractivity contribution in [1.29, 1.82) is 0 Å². The van der Waals surface area contributed by atoms with Crippen LogP contribution in [0.15, 0.2) is 59.4 Å². The molecule has 2 aromatic heterocycles. The van der Waals surface area contributed by atoms with E-state index in [4.69, 9.17) is 9.26 Å². The maximum Gasteiger partial charge on any atom is 0.227 e. The second-order valence-corrected chi connectivity index (χ2v) is 7.27. The number of hydrogen-bond donors (Lipinski definition) is 1. The fourth-order valence-corrected chi connectivity index (χ4v) is 3.40. The second kappa shape index (κ2) is 10.1. The Morgan fingerprint density at radius 3 is 2.83 bits per heavy atom. The molecule has 3 heterocycles. The molecule has 1 atom stereocenters. The molecule has 1 amide bonds. The van der Waals surface area contributed by atoms with Crippen molar-refractivity contribution in [1.82, 2.24) is 25.3 Å². The van der Waals surface area contributed by atoms with E-state index < -0.39 is 0 Å². The zero-order valence-corrected chi connectivity index (χ0v) is 16.7. The first-order chi connectivity index (χ1) is 14.8. The number of aromatic nitrogens is 3. The van der Waals surface area contributed by atoms with Crippen molar-refractivity contribution < 1.29 is 14.1 Å². The van der Waals surface area contributed by atoms with Gasteiger partial charge >= 0.3 is 0 Å². The van der Waals surface area contributed by atoms with E-state index in [0.717, 1.165) is 25.2 Å². The van der Waals surface area contributed by atoms with Crippen LogP contribution in [0, 0.1) is 0 Å². The van der Waals surface area contributed by atoms with Gasteiger partial charge in [0, 0.05) is 57.0 Å². The molecule has 1 aliphatic heterocycles. The number of aryl methyl sites for hydroxylation is 1. The third-order valence-electron chi connectivity index (χ3n) is 4.97. The van der Waals surface area contributed by atoms with Gasteiger partial charge in [-0.05, 0) is 17.7 Å². The quantitative estimate of drug-likeness (QED) is 0.611. The van der Waals surface area contributed by atoms with Gasteiger partial charge in [0.2, 0.25) is 17.6 Å². The van der Waals surface area contributed by atoms with Gasteiger partial charge < -0.3 is 14.6 Å². The number of benzene rings is 1. The van der Waals surface area contributed by atoms with Crippen molar-refractivity contribution in [3.05, 3.63) is 66.3 Å². The summed E-state index contributed by atoms with van der Waals surface area (Å²) >= 11 is 0. The van der Waals surface area contributed by atoms with E-state index in [1.54, 1.807) is 12.4 Å². The van der Waals surface area contributed by atoms with E-state index in [1.807, 2.05) is 18.2 Å². The first-order valence-corrected chi connectivity index (χ1v) is 10.1. The highest BCUT2D eigenvalue weighted by Crippen LogP contribution is 2.15. The van der Waals surface area contributed by atoms with Crippen molar-refractivity contribution in [2.75, 3.05) is 26.2 Å². The molecule has 156 valence electrons. The number of ether oxygens (including phenoxy) is 1. The summed E-state index contributed by atoms with van der Waals surface area (Å²) in [6, 6.07) is 14.0. The molecule has 8 heteroatoms. The lowest BCUT2D eigenvalue weighted by atomic mass is 10.2. The molecular formula is C22H25N5O3. The van der Waals surface area contributed by atoms with Crippen LogP contribution in [0.25, 0.3) is 11.4 Å². The van der Waals surface area contributed by atoms with Gasteiger partial charge in [-0.3, -0.25) is 14.7 Å². The summed E-state index contributed by atoms with van der Waals surface area (Å²) in [5.74, 6) is 0.893. The number of morpholine rings is 1. The summed E-state index contributed by atoms with van der Waals surface area (Å²) in [5, 5.41) is 6.91. The SMILES string of the molecule is O=C(CCc1nc(-c2ccncc2)no1)NCC1CN(Cc2ccccc2)CCO1. The lowest BCUT2D eigenvalue weighted by Crippen LogP contribution is -2.47. The maximum atomic E-state index is 12.2. The zero-order chi connectivity index (χ0) is 20.6. The monoisotopic (exact) mass is 407 g/mol. The standard InChI is InChI=1S/C22H25N5O3/c28-20(6-7-21-25-22(26-30-21)18-8-10-23-11-9-18)24-14-19-16-27(12-13-29-19)15-17-4-2-1-3-5-17/h1-5,8-11,19H,6-7,12-16H2,(H,24,28). The molecule has 1 aliphatic rings. The van der Waals surface area contributed by atoms with Gasteiger partial charge in [0.05, 0.1) is 12.7 Å². The molecule has 0 spiro atoms. The second-order valence-electron chi connectivity index (χ2n) is 7.27. The molecular weight excluding hydrogens is 382 g/mol. The molecule has 1 aromatic carbocycles. The van der Waals surface area contributed by atoms with E-state index in [9.17, 15) is 4.79 Å². The van der Waals surface area contributed by atoms with Crippen LogP contribution in [-0.4, -0.2) is 58.3 Å². The Bertz CT molecular complexity index is 932. The number of amides is 1. The van der Waals surface area contributed by atoms with Crippen molar-refractivity contribution in [2.24, 2.45) is 0 Å². The minimum absolute atomic E-state index is 0.00638. The smallest absolute Gasteiger partial charge is 0.227 e. The van der Waals surface area contributed by atoms with Crippen molar-refractivity contribution in [2.45, 2.75) is 25.5 Å². The Morgan fingerprint density at radius 1 is 1.17 bits per heavy atom. The topological polar surface area (TPSA) is 93.4 Å². The third kappa shape index (κ3) is 5.71. The highest BCUT2D eigenvalue weighted by atomic mass is 16.5. The van der Waals surface area contributed by atoms with Crippen LogP contribution >= 0.6 is 0 Å². The van der Waals surface area contributed by atoms with E-state index in [0.29, 0.717) is 37.7 Å². The first kappa shape index (κ1) is 20.2. The first-order valence-electron chi connectivity index (χ1n) is 10.1. The van der Waals surface area contributed by atoms with Crippen LogP contribution in [0.5, 0.6) is 0 Å². The average molecular weight is 407 g/mol. The summed E-state index contributed by atoms with van der Waals surface area (Å²) in [5.41, 5.74) is 2.12. The third-order valence-corrected chi connectivity index (χ3v) is 4.97. The molecule has 0 aliphatic carbocycles. The maximum absolute atomic E-state index is 12.2. The Hall–Kier alpha value is -3.10. The van der Waals surface area contributed by atoms with E-state index >= 15 is 0 Å². The van der Waals surface area contributed by atoms with Gasteiger partial charge in [0.15, 0.2) is 0 Å². The predicted molar refractivity (Wildman–Crippen MR) is 110 cm³/mol. The van der Waals surface area contributed by atoms with Gasteiger partial charge in [-0.1, -0.05) is 35.5 Å². The molecule has 1 saturated heterocycles.